The fourth-order valence-electron chi connectivity index (χ4n) is 2.71. The van der Waals surface area contributed by atoms with Crippen LogP contribution < -0.4 is 10.6 Å². The normalized spacial score (nSPS) is 15.9. The van der Waals surface area contributed by atoms with E-state index in [-0.39, 0.29) is 13.2 Å². The van der Waals surface area contributed by atoms with E-state index in [9.17, 15) is 23.6 Å². The molecule has 0 radical (unpaired) electrons. The molecule has 2 rings (SSSR count). The third kappa shape index (κ3) is 6.36. The smallest absolute Gasteiger partial charge is 0.407 e. The van der Waals surface area contributed by atoms with Crippen molar-refractivity contribution in [2.45, 2.75) is 25.5 Å². The Morgan fingerprint density at radius 3 is 2.56 bits per heavy atom. The van der Waals surface area contributed by atoms with E-state index in [2.05, 4.69) is 10.6 Å². The first kappa shape index (κ1) is 20.3. The first-order chi connectivity index (χ1) is 13.0. The number of Topliss-reactive ketones (excluding diaryl/α,β-unsaturated/α-hetero) is 1. The Bertz CT molecular complexity index is 683. The second-order valence-corrected chi connectivity index (χ2v) is 6.05. The zero-order chi connectivity index (χ0) is 19.6. The highest BCUT2D eigenvalue weighted by Crippen LogP contribution is 2.17. The number of nitrogens with zero attached hydrogens (tertiary/aromatic N) is 1. The van der Waals surface area contributed by atoms with Crippen molar-refractivity contribution in [3.63, 3.8) is 0 Å². The first-order valence-electron chi connectivity index (χ1n) is 8.60. The summed E-state index contributed by atoms with van der Waals surface area (Å²) in [6.45, 7) is -1.41. The van der Waals surface area contributed by atoms with Crippen molar-refractivity contribution in [3.8, 4) is 0 Å². The van der Waals surface area contributed by atoms with Crippen LogP contribution in [-0.4, -0.2) is 60.9 Å². The van der Waals surface area contributed by atoms with Gasteiger partial charge in [-0.15, -0.1) is 0 Å². The summed E-state index contributed by atoms with van der Waals surface area (Å²) >= 11 is 0. The van der Waals surface area contributed by atoms with Gasteiger partial charge in [0.05, 0.1) is 6.54 Å². The number of halogens is 1. The summed E-state index contributed by atoms with van der Waals surface area (Å²) in [5.74, 6) is -1.67. The van der Waals surface area contributed by atoms with E-state index in [1.165, 1.54) is 4.90 Å². The molecule has 0 bridgehead atoms. The lowest BCUT2D eigenvalue weighted by atomic mass is 10.2. The summed E-state index contributed by atoms with van der Waals surface area (Å²) in [5, 5.41) is 4.69. The molecule has 0 saturated carbocycles. The van der Waals surface area contributed by atoms with Crippen LogP contribution in [0.4, 0.5) is 9.18 Å². The van der Waals surface area contributed by atoms with Gasteiger partial charge in [-0.25, -0.2) is 9.18 Å². The number of amides is 3. The number of ether oxygens (including phenoxy) is 1. The summed E-state index contributed by atoms with van der Waals surface area (Å²) in [7, 11) is 0. The molecule has 0 aliphatic carbocycles. The van der Waals surface area contributed by atoms with E-state index in [1.807, 2.05) is 18.2 Å². The van der Waals surface area contributed by atoms with Gasteiger partial charge in [-0.2, -0.15) is 0 Å². The molecule has 146 valence electrons. The third-order valence-corrected chi connectivity index (χ3v) is 4.08. The molecular weight excluding hydrogens is 357 g/mol. The van der Waals surface area contributed by atoms with E-state index in [1.54, 1.807) is 12.1 Å². The molecule has 0 aromatic heterocycles. The molecule has 9 heteroatoms. The number of rotatable bonds is 8. The Balaban J connectivity index is 1.75. The standard InChI is InChI=1S/C18H22FN3O5/c19-9-14(23)10-20-17(25)15-7-4-8-22(15)16(24)11-21-18(26)27-12-13-5-2-1-3-6-13/h1-3,5-6,15H,4,7-12H2,(H,20,25)(H,21,26). The van der Waals surface area contributed by atoms with Crippen LogP contribution in [0.5, 0.6) is 0 Å². The molecule has 2 N–H and O–H groups in total. The lowest BCUT2D eigenvalue weighted by Crippen LogP contribution is -2.49. The Labute approximate surface area is 156 Å². The first-order valence-corrected chi connectivity index (χ1v) is 8.60. The molecule has 1 unspecified atom stereocenters. The molecule has 1 aromatic rings. The molecular formula is C18H22FN3O5. The number of alkyl halides is 1. The van der Waals surface area contributed by atoms with Crippen LogP contribution in [0.1, 0.15) is 18.4 Å². The average molecular weight is 379 g/mol. The van der Waals surface area contributed by atoms with Crippen LogP contribution in [0.3, 0.4) is 0 Å². The van der Waals surface area contributed by atoms with E-state index in [4.69, 9.17) is 4.74 Å². The van der Waals surface area contributed by atoms with Gasteiger partial charge in [0.1, 0.15) is 25.9 Å². The second kappa shape index (κ2) is 10.2. The topological polar surface area (TPSA) is 105 Å². The minimum Gasteiger partial charge on any atom is -0.445 e. The number of benzene rings is 1. The van der Waals surface area contributed by atoms with Gasteiger partial charge in [0.25, 0.3) is 0 Å². The van der Waals surface area contributed by atoms with Gasteiger partial charge in [0.2, 0.25) is 11.8 Å². The number of carbonyl (C=O) groups excluding carboxylic acids is 4. The SMILES string of the molecule is O=C(CF)CNC(=O)C1CCCN1C(=O)CNC(=O)OCc1ccccc1. The summed E-state index contributed by atoms with van der Waals surface area (Å²) in [6, 6.07) is 8.36. The Hall–Kier alpha value is -2.97. The molecule has 1 atom stereocenters. The number of likely N-dealkylation sites (tertiary alicyclic amines) is 1. The van der Waals surface area contributed by atoms with Crippen molar-refractivity contribution in [2.75, 3.05) is 26.3 Å². The number of hydrogen-bond donors (Lipinski definition) is 2. The van der Waals surface area contributed by atoms with E-state index in [0.29, 0.717) is 19.4 Å². The molecule has 1 aromatic carbocycles. The molecule has 1 saturated heterocycles. The lowest BCUT2D eigenvalue weighted by Gasteiger charge is -2.23. The summed E-state index contributed by atoms with van der Waals surface area (Å²) in [4.78, 5) is 48.4. The van der Waals surface area contributed by atoms with Gasteiger partial charge in [-0.3, -0.25) is 14.4 Å². The van der Waals surface area contributed by atoms with Crippen LogP contribution >= 0.6 is 0 Å². The highest BCUT2D eigenvalue weighted by Gasteiger charge is 2.34. The van der Waals surface area contributed by atoms with Crippen LogP contribution in [0, 0.1) is 0 Å². The summed E-state index contributed by atoms with van der Waals surface area (Å²) in [6.07, 6.45) is 0.333. The fraction of sp³-hybridized carbons (Fsp3) is 0.444. The largest absolute Gasteiger partial charge is 0.445 e. The van der Waals surface area contributed by atoms with Crippen LogP contribution in [-0.2, 0) is 25.7 Å². The minimum absolute atomic E-state index is 0.0816. The van der Waals surface area contributed by atoms with Crippen molar-refractivity contribution < 1.29 is 28.3 Å². The van der Waals surface area contributed by atoms with Crippen molar-refractivity contribution >= 4 is 23.7 Å². The monoisotopic (exact) mass is 379 g/mol. The predicted octanol–water partition coefficient (Wildman–Crippen LogP) is 0.559. The number of hydrogen-bond acceptors (Lipinski definition) is 5. The molecule has 8 nitrogen and oxygen atoms in total. The Morgan fingerprint density at radius 1 is 1.11 bits per heavy atom. The maximum absolute atomic E-state index is 12.3. The summed E-state index contributed by atoms with van der Waals surface area (Å²) in [5.41, 5.74) is 0.818. The van der Waals surface area contributed by atoms with Gasteiger partial charge >= 0.3 is 6.09 Å². The zero-order valence-corrected chi connectivity index (χ0v) is 14.8. The zero-order valence-electron chi connectivity index (χ0n) is 14.8. The number of alkyl carbamates (subject to hydrolysis) is 1. The highest BCUT2D eigenvalue weighted by molar-refractivity contribution is 5.92. The van der Waals surface area contributed by atoms with Crippen LogP contribution in [0.2, 0.25) is 0 Å². The predicted molar refractivity (Wildman–Crippen MR) is 93.4 cm³/mol. The molecule has 1 aliphatic heterocycles. The van der Waals surface area contributed by atoms with Crippen molar-refractivity contribution in [1.82, 2.24) is 15.5 Å². The summed E-state index contributed by atoms with van der Waals surface area (Å²) < 4.78 is 17.2. The van der Waals surface area contributed by atoms with Gasteiger partial charge in [-0.1, -0.05) is 30.3 Å². The quantitative estimate of drug-likeness (QED) is 0.687. The maximum atomic E-state index is 12.3. The van der Waals surface area contributed by atoms with Crippen molar-refractivity contribution in [1.29, 1.82) is 0 Å². The second-order valence-electron chi connectivity index (χ2n) is 6.05. The molecule has 1 heterocycles. The van der Waals surface area contributed by atoms with Crippen molar-refractivity contribution in [3.05, 3.63) is 35.9 Å². The molecule has 1 fully saturated rings. The molecule has 3 amide bonds. The fourth-order valence-corrected chi connectivity index (χ4v) is 2.71. The van der Waals surface area contributed by atoms with E-state index < -0.39 is 43.0 Å². The van der Waals surface area contributed by atoms with Gasteiger partial charge in [0, 0.05) is 6.54 Å². The van der Waals surface area contributed by atoms with Gasteiger partial charge in [-0.05, 0) is 18.4 Å². The van der Waals surface area contributed by atoms with Crippen LogP contribution in [0.25, 0.3) is 0 Å². The van der Waals surface area contributed by atoms with Gasteiger partial charge < -0.3 is 20.3 Å². The number of carbonyl (C=O) groups is 4. The maximum Gasteiger partial charge on any atom is 0.407 e. The van der Waals surface area contributed by atoms with Gasteiger partial charge in [0.15, 0.2) is 5.78 Å². The van der Waals surface area contributed by atoms with Crippen molar-refractivity contribution in [2.24, 2.45) is 0 Å². The highest BCUT2D eigenvalue weighted by atomic mass is 19.1. The lowest BCUT2D eigenvalue weighted by molar-refractivity contribution is -0.138. The third-order valence-electron chi connectivity index (χ3n) is 4.08. The molecule has 27 heavy (non-hydrogen) atoms. The van der Waals surface area contributed by atoms with E-state index in [0.717, 1.165) is 5.56 Å². The molecule has 1 aliphatic rings. The van der Waals surface area contributed by atoms with E-state index >= 15 is 0 Å². The molecule has 0 spiro atoms. The van der Waals surface area contributed by atoms with Crippen LogP contribution in [0.15, 0.2) is 30.3 Å². The number of nitrogens with one attached hydrogen (secondary N) is 2. The average Bonchev–Trinajstić information content (AvgIpc) is 3.19. The number of ketones is 1. The Morgan fingerprint density at radius 2 is 1.85 bits per heavy atom. The Kier molecular flexibility index (Phi) is 7.72. The minimum atomic E-state index is -1.15.